The molecule has 0 saturated carbocycles. The molecule has 5 heterocycles. The molecule has 0 aliphatic carbocycles. The van der Waals surface area contributed by atoms with Crippen LogP contribution in [0.5, 0.6) is 0 Å². The summed E-state index contributed by atoms with van der Waals surface area (Å²) in [4.78, 5) is 41.8. The monoisotopic (exact) mass is 610 g/mol. The summed E-state index contributed by atoms with van der Waals surface area (Å²) in [6.45, 7) is 3.76. The van der Waals surface area contributed by atoms with Crippen LogP contribution in [0.25, 0.3) is 19.5 Å². The maximum atomic E-state index is 13.0. The molecule has 0 aliphatic rings. The minimum absolute atomic E-state index is 0.0733. The van der Waals surface area contributed by atoms with Crippen LogP contribution in [0.4, 0.5) is 10.0 Å². The van der Waals surface area contributed by atoms with Gasteiger partial charge in [-0.3, -0.25) is 0 Å². The van der Waals surface area contributed by atoms with Crippen LogP contribution in [0.1, 0.15) is 44.3 Å². The molecule has 198 valence electrons. The fourth-order valence-electron chi connectivity index (χ4n) is 3.57. The average molecular weight is 611 g/mol. The van der Waals surface area contributed by atoms with Crippen molar-refractivity contribution in [3.05, 3.63) is 80.2 Å². The Morgan fingerprint density at radius 1 is 0.667 bits per heavy atom. The van der Waals surface area contributed by atoms with Gasteiger partial charge in [0, 0.05) is 41.7 Å². The van der Waals surface area contributed by atoms with E-state index in [0.29, 0.717) is 10.0 Å². The maximum absolute atomic E-state index is 13.0. The number of esters is 2. The van der Waals surface area contributed by atoms with Crippen molar-refractivity contribution < 1.29 is 19.1 Å². The largest absolute Gasteiger partial charge is 0.462 e. The van der Waals surface area contributed by atoms with Crippen molar-refractivity contribution in [2.45, 2.75) is 13.8 Å². The number of ether oxygens (including phenoxy) is 2. The average Bonchev–Trinajstić information content (AvgIpc) is 3.76. The van der Waals surface area contributed by atoms with E-state index in [-0.39, 0.29) is 24.3 Å². The molecule has 39 heavy (non-hydrogen) atoms. The van der Waals surface area contributed by atoms with E-state index in [2.05, 4.69) is 22.1 Å². The highest BCUT2D eigenvalue weighted by Gasteiger charge is 2.30. The Kier molecular flexibility index (Phi) is 8.95. The molecular weight excluding hydrogens is 589 g/mol. The molecule has 5 aromatic heterocycles. The summed E-state index contributed by atoms with van der Waals surface area (Å²) in [6.07, 6.45) is 3.40. The molecule has 0 saturated heterocycles. The number of hydrogen-bond acceptors (Lipinski definition) is 11. The lowest BCUT2D eigenvalue weighted by Gasteiger charge is -2.05. The van der Waals surface area contributed by atoms with Gasteiger partial charge in [0.15, 0.2) is 0 Å². The van der Waals surface area contributed by atoms with E-state index in [4.69, 9.17) is 9.47 Å². The van der Waals surface area contributed by atoms with E-state index in [9.17, 15) is 9.59 Å². The molecule has 0 unspecified atom stereocenters. The number of thiophene rings is 5. The zero-order valence-corrected chi connectivity index (χ0v) is 25.0. The van der Waals surface area contributed by atoms with Crippen molar-refractivity contribution in [3.63, 3.8) is 0 Å². The second kappa shape index (κ2) is 12.8. The number of rotatable bonds is 10. The Hall–Kier alpha value is -3.22. The van der Waals surface area contributed by atoms with E-state index in [0.717, 1.165) is 30.8 Å². The van der Waals surface area contributed by atoms with Crippen LogP contribution in [-0.4, -0.2) is 37.6 Å². The predicted molar refractivity (Wildman–Crippen MR) is 166 cm³/mol. The Balaban J connectivity index is 1.52. The molecular formula is C28H22N2O4S5. The highest BCUT2D eigenvalue weighted by molar-refractivity contribution is 7.23. The molecule has 5 rings (SSSR count). The summed E-state index contributed by atoms with van der Waals surface area (Å²) in [5.41, 5.74) is 0.147. The van der Waals surface area contributed by atoms with Gasteiger partial charge in [-0.2, -0.15) is 0 Å². The summed E-state index contributed by atoms with van der Waals surface area (Å²) in [5, 5.41) is 4.77. The van der Waals surface area contributed by atoms with E-state index < -0.39 is 11.9 Å². The first kappa shape index (κ1) is 27.4. The highest BCUT2D eigenvalue weighted by atomic mass is 32.1. The third-order valence-corrected chi connectivity index (χ3v) is 10.4. The minimum Gasteiger partial charge on any atom is -0.462 e. The van der Waals surface area contributed by atoms with Crippen molar-refractivity contribution in [2.75, 3.05) is 13.2 Å². The normalized spacial score (nSPS) is 11.5. The van der Waals surface area contributed by atoms with E-state index in [1.807, 2.05) is 47.2 Å². The van der Waals surface area contributed by atoms with Gasteiger partial charge in [-0.05, 0) is 61.0 Å². The third kappa shape index (κ3) is 6.34. The van der Waals surface area contributed by atoms with Gasteiger partial charge >= 0.3 is 11.9 Å². The molecule has 0 aromatic carbocycles. The molecule has 11 heteroatoms. The molecule has 0 N–H and O–H groups in total. The van der Waals surface area contributed by atoms with E-state index in [1.54, 1.807) is 71.6 Å². The zero-order chi connectivity index (χ0) is 27.2. The lowest BCUT2D eigenvalue weighted by Crippen LogP contribution is -2.12. The van der Waals surface area contributed by atoms with Crippen molar-refractivity contribution >= 4 is 91.1 Å². The lowest BCUT2D eigenvalue weighted by atomic mass is 10.1. The van der Waals surface area contributed by atoms with E-state index >= 15 is 0 Å². The molecule has 6 nitrogen and oxygen atoms in total. The maximum Gasteiger partial charge on any atom is 0.342 e. The van der Waals surface area contributed by atoms with Crippen LogP contribution in [0.3, 0.4) is 0 Å². The number of carbonyl (C=O) groups excluding carboxylic acids is 2. The van der Waals surface area contributed by atoms with Gasteiger partial charge in [-0.25, -0.2) is 19.6 Å². The van der Waals surface area contributed by atoms with Crippen LogP contribution >= 0.6 is 56.7 Å². The van der Waals surface area contributed by atoms with Gasteiger partial charge in [0.1, 0.15) is 21.1 Å². The molecule has 0 spiro atoms. The fraction of sp³-hybridized carbons (Fsp3) is 0.143. The lowest BCUT2D eigenvalue weighted by molar-refractivity contribution is 0.0481. The summed E-state index contributed by atoms with van der Waals surface area (Å²) in [5.74, 6) is -1.26. The topological polar surface area (TPSA) is 77.3 Å². The standard InChI is InChI=1S/C28H22N2O4S5/c1-3-33-27(31)23-24(28(32)34-4-2)26(30-16-18-10-12-22(38-18)20-8-6-14-36-20)39-25(23)29-15-17-9-11-21(37-17)19-7-5-13-35-19/h5-16H,3-4H2,1-2H3/b29-15+,30-16+. The zero-order valence-electron chi connectivity index (χ0n) is 20.9. The number of hydrogen-bond donors (Lipinski definition) is 0. The van der Waals surface area contributed by atoms with Crippen molar-refractivity contribution in [2.24, 2.45) is 9.98 Å². The van der Waals surface area contributed by atoms with Gasteiger partial charge in [0.25, 0.3) is 0 Å². The smallest absolute Gasteiger partial charge is 0.342 e. The molecule has 0 fully saturated rings. The number of nitrogens with zero attached hydrogens (tertiary/aromatic N) is 2. The first-order chi connectivity index (χ1) is 19.1. The van der Waals surface area contributed by atoms with Crippen LogP contribution in [0.2, 0.25) is 0 Å². The number of aliphatic imine (C=N–C) groups is 2. The summed E-state index contributed by atoms with van der Waals surface area (Å²) < 4.78 is 10.6. The summed E-state index contributed by atoms with van der Waals surface area (Å²) in [6, 6.07) is 16.2. The molecule has 0 aliphatic heterocycles. The number of carbonyl (C=O) groups is 2. The third-order valence-electron chi connectivity index (χ3n) is 5.23. The molecule has 0 atom stereocenters. The van der Waals surface area contributed by atoms with Gasteiger partial charge in [-0.1, -0.05) is 23.5 Å². The quantitative estimate of drug-likeness (QED) is 0.117. The molecule has 0 radical (unpaired) electrons. The van der Waals surface area contributed by atoms with E-state index in [1.165, 1.54) is 9.75 Å². The van der Waals surface area contributed by atoms with Crippen molar-refractivity contribution in [3.8, 4) is 19.5 Å². The van der Waals surface area contributed by atoms with Crippen molar-refractivity contribution in [1.82, 2.24) is 0 Å². The Labute approximate surface area is 245 Å². The Morgan fingerprint density at radius 3 is 1.51 bits per heavy atom. The van der Waals surface area contributed by atoms with Gasteiger partial charge in [0.2, 0.25) is 0 Å². The van der Waals surface area contributed by atoms with Gasteiger partial charge in [0.05, 0.1) is 13.2 Å². The van der Waals surface area contributed by atoms with Crippen LogP contribution in [0.15, 0.2) is 69.3 Å². The van der Waals surface area contributed by atoms with Crippen LogP contribution in [-0.2, 0) is 9.47 Å². The SMILES string of the molecule is CCOC(=O)c1c(/N=C/c2ccc(-c3cccs3)s2)sc(/N=C/c2ccc(-c3cccs3)s2)c1C(=O)OCC. The van der Waals surface area contributed by atoms with Gasteiger partial charge < -0.3 is 9.47 Å². The second-order valence-corrected chi connectivity index (χ2v) is 12.9. The molecule has 0 amide bonds. The first-order valence-electron chi connectivity index (χ1n) is 11.9. The molecule has 0 bridgehead atoms. The minimum atomic E-state index is -0.632. The Bertz CT molecular complexity index is 1500. The molecule has 5 aromatic rings. The Morgan fingerprint density at radius 2 is 1.13 bits per heavy atom. The fourth-order valence-corrected chi connectivity index (χ4v) is 7.96. The van der Waals surface area contributed by atoms with Crippen molar-refractivity contribution in [1.29, 1.82) is 0 Å². The highest BCUT2D eigenvalue weighted by Crippen LogP contribution is 2.43. The second-order valence-electron chi connectivity index (χ2n) is 7.78. The first-order valence-corrected chi connectivity index (χ1v) is 16.1. The summed E-state index contributed by atoms with van der Waals surface area (Å²) in [7, 11) is 0. The van der Waals surface area contributed by atoms with Gasteiger partial charge in [-0.15, -0.1) is 45.3 Å². The summed E-state index contributed by atoms with van der Waals surface area (Å²) >= 11 is 7.70. The van der Waals surface area contributed by atoms with Crippen LogP contribution < -0.4 is 0 Å². The predicted octanol–water partition coefficient (Wildman–Crippen LogP) is 9.18. The van der Waals surface area contributed by atoms with Crippen LogP contribution in [0, 0.1) is 0 Å².